The summed E-state index contributed by atoms with van der Waals surface area (Å²) < 4.78 is 0. The molecule has 0 radical (unpaired) electrons. The summed E-state index contributed by atoms with van der Waals surface area (Å²) in [6.45, 7) is 1.93. The third-order valence-corrected chi connectivity index (χ3v) is 4.11. The molecule has 0 aliphatic heterocycles. The van der Waals surface area contributed by atoms with Crippen LogP contribution in [-0.2, 0) is 19.2 Å². The van der Waals surface area contributed by atoms with E-state index < -0.39 is 11.8 Å². The summed E-state index contributed by atoms with van der Waals surface area (Å²) in [5.74, 6) is -0.543. The number of hydrogen-bond acceptors (Lipinski definition) is 5. The Morgan fingerprint density at radius 3 is 1.92 bits per heavy atom. The van der Waals surface area contributed by atoms with Crippen molar-refractivity contribution in [1.29, 1.82) is 0 Å². The molecule has 3 amide bonds. The molecule has 0 atom stereocenters. The van der Waals surface area contributed by atoms with Crippen LogP contribution >= 0.6 is 0 Å². The third kappa shape index (κ3) is 8.05. The van der Waals surface area contributed by atoms with E-state index in [2.05, 4.69) is 21.3 Å². The minimum Gasteiger partial charge on any atom is -0.348 e. The molecule has 0 spiro atoms. The van der Waals surface area contributed by atoms with E-state index >= 15 is 0 Å². The average molecular weight is 340 g/mol. The maximum Gasteiger partial charge on any atom is 0.239 e. The molecule has 1 fully saturated rings. The summed E-state index contributed by atoms with van der Waals surface area (Å²) in [5.41, 5.74) is 0. The number of rotatable bonds is 9. The summed E-state index contributed by atoms with van der Waals surface area (Å²) >= 11 is 0. The second-order valence-electron chi connectivity index (χ2n) is 6.25. The number of hydrogen-bond donors (Lipinski definition) is 4. The lowest BCUT2D eigenvalue weighted by molar-refractivity contribution is -0.130. The normalized spacial score (nSPS) is 20.1. The lowest BCUT2D eigenvalue weighted by Crippen LogP contribution is -2.44. The Kier molecular flexibility index (Phi) is 8.99. The molecule has 0 saturated heterocycles. The van der Waals surface area contributed by atoms with Crippen LogP contribution in [0.2, 0.25) is 0 Å². The van der Waals surface area contributed by atoms with Gasteiger partial charge < -0.3 is 21.3 Å². The van der Waals surface area contributed by atoms with Crippen molar-refractivity contribution < 1.29 is 19.2 Å². The van der Waals surface area contributed by atoms with E-state index in [4.69, 9.17) is 0 Å². The van der Waals surface area contributed by atoms with E-state index in [-0.39, 0.29) is 37.2 Å². The Labute approximate surface area is 142 Å². The van der Waals surface area contributed by atoms with Crippen molar-refractivity contribution in [3.8, 4) is 0 Å². The summed E-state index contributed by atoms with van der Waals surface area (Å²) in [6.07, 6.45) is 3.71. The van der Waals surface area contributed by atoms with Gasteiger partial charge in [-0.2, -0.15) is 0 Å². The molecule has 0 unspecified atom stereocenters. The first-order chi connectivity index (χ1) is 11.4. The molecule has 0 aromatic heterocycles. The van der Waals surface area contributed by atoms with Crippen molar-refractivity contribution in [3.05, 3.63) is 0 Å². The maximum atomic E-state index is 12.1. The monoisotopic (exact) mass is 340 g/mol. The van der Waals surface area contributed by atoms with E-state index in [0.717, 1.165) is 32.2 Å². The lowest BCUT2D eigenvalue weighted by atomic mass is 9.81. The zero-order valence-electron chi connectivity index (χ0n) is 14.4. The molecule has 0 heterocycles. The zero-order chi connectivity index (χ0) is 17.9. The van der Waals surface area contributed by atoms with Gasteiger partial charge in [0.1, 0.15) is 5.78 Å². The Bertz CT molecular complexity index is 459. The molecule has 1 aliphatic rings. The van der Waals surface area contributed by atoms with Crippen molar-refractivity contribution in [3.63, 3.8) is 0 Å². The minimum absolute atomic E-state index is 0.0372. The SMILES string of the molecule is CNCC1CCC(C(=O)NCC(=O)NCC(=O)NCC(C)=O)CC1. The number of Topliss-reactive ketones (excluding diaryl/α,β-unsaturated/α-hetero) is 1. The van der Waals surface area contributed by atoms with Gasteiger partial charge in [0.2, 0.25) is 17.7 Å². The van der Waals surface area contributed by atoms with Gasteiger partial charge in [-0.25, -0.2) is 0 Å². The van der Waals surface area contributed by atoms with Gasteiger partial charge in [0.25, 0.3) is 0 Å². The van der Waals surface area contributed by atoms with E-state index in [1.54, 1.807) is 0 Å². The van der Waals surface area contributed by atoms with Crippen LogP contribution in [-0.4, -0.2) is 56.7 Å². The van der Waals surface area contributed by atoms with Crippen LogP contribution in [0.4, 0.5) is 0 Å². The highest BCUT2D eigenvalue weighted by Crippen LogP contribution is 2.28. The van der Waals surface area contributed by atoms with Crippen molar-refractivity contribution in [2.45, 2.75) is 32.6 Å². The van der Waals surface area contributed by atoms with Crippen LogP contribution in [0, 0.1) is 11.8 Å². The second-order valence-corrected chi connectivity index (χ2v) is 6.25. The van der Waals surface area contributed by atoms with Gasteiger partial charge in [-0.3, -0.25) is 19.2 Å². The molecule has 4 N–H and O–H groups in total. The van der Waals surface area contributed by atoms with Crippen LogP contribution in [0.3, 0.4) is 0 Å². The summed E-state index contributed by atoms with van der Waals surface area (Å²) in [6, 6.07) is 0. The fourth-order valence-corrected chi connectivity index (χ4v) is 2.76. The lowest BCUT2D eigenvalue weighted by Gasteiger charge is -2.27. The first-order valence-electron chi connectivity index (χ1n) is 8.37. The molecular weight excluding hydrogens is 312 g/mol. The first kappa shape index (κ1) is 20.1. The van der Waals surface area contributed by atoms with Crippen molar-refractivity contribution in [2.75, 3.05) is 33.2 Å². The number of amides is 3. The minimum atomic E-state index is -0.437. The smallest absolute Gasteiger partial charge is 0.239 e. The summed E-state index contributed by atoms with van der Waals surface area (Å²) in [4.78, 5) is 45.8. The standard InChI is InChI=1S/C16H28N4O4/c1-11(21)7-18-14(22)9-19-15(23)10-20-16(24)13-5-3-12(4-6-13)8-17-2/h12-13,17H,3-10H2,1-2H3,(H,18,22)(H,19,23)(H,20,24). The fraction of sp³-hybridized carbons (Fsp3) is 0.750. The number of nitrogens with one attached hydrogen (secondary N) is 4. The number of carbonyl (C=O) groups is 4. The van der Waals surface area contributed by atoms with Crippen LogP contribution < -0.4 is 21.3 Å². The highest BCUT2D eigenvalue weighted by atomic mass is 16.2. The van der Waals surface area contributed by atoms with Crippen LogP contribution in [0.25, 0.3) is 0 Å². The molecule has 24 heavy (non-hydrogen) atoms. The third-order valence-electron chi connectivity index (χ3n) is 4.11. The fourth-order valence-electron chi connectivity index (χ4n) is 2.76. The Morgan fingerprint density at radius 1 is 0.833 bits per heavy atom. The zero-order valence-corrected chi connectivity index (χ0v) is 14.4. The molecule has 0 aromatic rings. The molecule has 136 valence electrons. The van der Waals surface area contributed by atoms with E-state index in [1.807, 2.05) is 7.05 Å². The highest BCUT2D eigenvalue weighted by molar-refractivity contribution is 5.90. The van der Waals surface area contributed by atoms with Crippen molar-refractivity contribution in [1.82, 2.24) is 21.3 Å². The van der Waals surface area contributed by atoms with Gasteiger partial charge in [-0.1, -0.05) is 0 Å². The highest BCUT2D eigenvalue weighted by Gasteiger charge is 2.26. The Balaban J connectivity index is 2.16. The van der Waals surface area contributed by atoms with Gasteiger partial charge >= 0.3 is 0 Å². The molecule has 1 aliphatic carbocycles. The van der Waals surface area contributed by atoms with Gasteiger partial charge in [-0.15, -0.1) is 0 Å². The van der Waals surface area contributed by atoms with Crippen molar-refractivity contribution >= 4 is 23.5 Å². The predicted molar refractivity (Wildman–Crippen MR) is 89.1 cm³/mol. The molecule has 8 nitrogen and oxygen atoms in total. The molecule has 1 saturated carbocycles. The van der Waals surface area contributed by atoms with E-state index in [0.29, 0.717) is 5.92 Å². The average Bonchev–Trinajstić information content (AvgIpc) is 2.56. The van der Waals surface area contributed by atoms with Gasteiger partial charge in [0.05, 0.1) is 19.6 Å². The molecule has 0 bridgehead atoms. The molecule has 8 heteroatoms. The van der Waals surface area contributed by atoms with Gasteiger partial charge in [0.15, 0.2) is 0 Å². The first-order valence-corrected chi connectivity index (χ1v) is 8.37. The van der Waals surface area contributed by atoms with Crippen LogP contribution in [0.1, 0.15) is 32.6 Å². The van der Waals surface area contributed by atoms with Crippen LogP contribution in [0.15, 0.2) is 0 Å². The maximum absolute atomic E-state index is 12.1. The molecule has 1 rings (SSSR count). The molecular formula is C16H28N4O4. The number of ketones is 1. The summed E-state index contributed by atoms with van der Waals surface area (Å²) in [5, 5.41) is 10.6. The van der Waals surface area contributed by atoms with E-state index in [1.165, 1.54) is 6.92 Å². The van der Waals surface area contributed by atoms with E-state index in [9.17, 15) is 19.2 Å². The predicted octanol–water partition coefficient (Wildman–Crippen LogP) is -1.05. The quantitative estimate of drug-likeness (QED) is 0.427. The van der Waals surface area contributed by atoms with Gasteiger partial charge in [-0.05, 0) is 52.1 Å². The van der Waals surface area contributed by atoms with Crippen LogP contribution in [0.5, 0.6) is 0 Å². The van der Waals surface area contributed by atoms with Gasteiger partial charge in [0, 0.05) is 5.92 Å². The van der Waals surface area contributed by atoms with Crippen molar-refractivity contribution in [2.24, 2.45) is 11.8 Å². The summed E-state index contributed by atoms with van der Waals surface area (Å²) in [7, 11) is 1.93. The Morgan fingerprint density at radius 2 is 1.38 bits per heavy atom. The topological polar surface area (TPSA) is 116 Å². The molecule has 0 aromatic carbocycles. The number of carbonyl (C=O) groups excluding carboxylic acids is 4. The largest absolute Gasteiger partial charge is 0.348 e. The Hall–Kier alpha value is -1.96. The second kappa shape index (κ2) is 10.7.